The van der Waals surface area contributed by atoms with Crippen molar-refractivity contribution in [1.29, 1.82) is 0 Å². The third-order valence-electron chi connectivity index (χ3n) is 6.92. The van der Waals surface area contributed by atoms with Gasteiger partial charge in [0.25, 0.3) is 11.8 Å². The van der Waals surface area contributed by atoms with Gasteiger partial charge in [-0.2, -0.15) is 0 Å². The lowest BCUT2D eigenvalue weighted by Crippen LogP contribution is -2.60. The first-order valence-electron chi connectivity index (χ1n) is 11.8. The van der Waals surface area contributed by atoms with Crippen LogP contribution in [-0.4, -0.2) is 65.3 Å². The number of anilines is 1. The lowest BCUT2D eigenvalue weighted by molar-refractivity contribution is -0.139. The number of carbonyl (C=O) groups excluding carboxylic acids is 4. The molecule has 5 amide bonds. The molecule has 1 atom stereocenters. The molecule has 2 heterocycles. The van der Waals surface area contributed by atoms with Crippen LogP contribution < -0.4 is 10.2 Å². The van der Waals surface area contributed by atoms with Crippen molar-refractivity contribution in [3.05, 3.63) is 64.9 Å². The maximum absolute atomic E-state index is 14.2. The summed E-state index contributed by atoms with van der Waals surface area (Å²) in [5, 5.41) is 2.86. The summed E-state index contributed by atoms with van der Waals surface area (Å²) in [5.41, 5.74) is -0.698. The average Bonchev–Trinajstić information content (AvgIpc) is 3.04. The molecular formula is C26H28ClFN4O4. The number of piperidine rings is 1. The van der Waals surface area contributed by atoms with Crippen molar-refractivity contribution in [1.82, 2.24) is 15.1 Å². The van der Waals surface area contributed by atoms with E-state index in [1.807, 2.05) is 6.07 Å². The minimum Gasteiger partial charge on any atom is -0.341 e. The van der Waals surface area contributed by atoms with Gasteiger partial charge in [-0.1, -0.05) is 43.6 Å². The number of para-hydroxylation sites is 1. The van der Waals surface area contributed by atoms with Gasteiger partial charge in [-0.05, 0) is 49.1 Å². The van der Waals surface area contributed by atoms with Crippen LogP contribution in [0.5, 0.6) is 0 Å². The van der Waals surface area contributed by atoms with E-state index in [0.717, 1.165) is 11.0 Å². The Labute approximate surface area is 214 Å². The van der Waals surface area contributed by atoms with Crippen LogP contribution in [0.3, 0.4) is 0 Å². The van der Waals surface area contributed by atoms with Gasteiger partial charge in [0.2, 0.25) is 5.91 Å². The van der Waals surface area contributed by atoms with Crippen LogP contribution in [0, 0.1) is 11.7 Å². The molecule has 2 aliphatic rings. The van der Waals surface area contributed by atoms with Crippen molar-refractivity contribution in [3.8, 4) is 0 Å². The Morgan fingerprint density at radius 2 is 1.69 bits per heavy atom. The maximum Gasteiger partial charge on any atom is 0.331 e. The van der Waals surface area contributed by atoms with Crippen molar-refractivity contribution in [2.45, 2.75) is 38.3 Å². The highest BCUT2D eigenvalue weighted by Gasteiger charge is 2.58. The second kappa shape index (κ2) is 9.89. The van der Waals surface area contributed by atoms with Gasteiger partial charge in [0.15, 0.2) is 0 Å². The molecule has 2 aromatic rings. The van der Waals surface area contributed by atoms with Crippen molar-refractivity contribution in [2.75, 3.05) is 25.0 Å². The molecule has 36 heavy (non-hydrogen) atoms. The fourth-order valence-corrected chi connectivity index (χ4v) is 5.07. The van der Waals surface area contributed by atoms with Crippen LogP contribution in [0.25, 0.3) is 0 Å². The molecular weight excluding hydrogens is 487 g/mol. The number of carbonyl (C=O) groups is 4. The summed E-state index contributed by atoms with van der Waals surface area (Å²) < 4.78 is 14.2. The fourth-order valence-electron chi connectivity index (χ4n) is 4.90. The van der Waals surface area contributed by atoms with Crippen LogP contribution in [-0.2, 0) is 9.59 Å². The van der Waals surface area contributed by atoms with E-state index in [2.05, 4.69) is 5.32 Å². The van der Waals surface area contributed by atoms with Crippen molar-refractivity contribution >= 4 is 41.0 Å². The Balaban J connectivity index is 1.52. The van der Waals surface area contributed by atoms with Crippen LogP contribution >= 0.6 is 11.6 Å². The van der Waals surface area contributed by atoms with Crippen LogP contribution in [0.4, 0.5) is 14.9 Å². The number of likely N-dealkylation sites (tertiary alicyclic amines) is 1. The summed E-state index contributed by atoms with van der Waals surface area (Å²) in [5.74, 6) is -2.37. The Kier molecular flexibility index (Phi) is 7.04. The molecule has 1 spiro atoms. The third-order valence-corrected chi connectivity index (χ3v) is 7.15. The summed E-state index contributed by atoms with van der Waals surface area (Å²) in [4.78, 5) is 56.6. The van der Waals surface area contributed by atoms with Gasteiger partial charge in [0, 0.05) is 30.8 Å². The lowest BCUT2D eigenvalue weighted by atomic mass is 9.85. The molecule has 2 aliphatic heterocycles. The molecule has 190 valence electrons. The van der Waals surface area contributed by atoms with Gasteiger partial charge in [0.05, 0.1) is 5.56 Å². The zero-order valence-corrected chi connectivity index (χ0v) is 21.1. The highest BCUT2D eigenvalue weighted by Crippen LogP contribution is 2.40. The number of nitrogens with one attached hydrogen (secondary N) is 1. The Bertz CT molecular complexity index is 1200. The molecule has 0 radical (unpaired) electrons. The standard InChI is InChI=1S/C26H28ClFN4O4/c1-16(2)21(29-22(33)19-15-17(27)9-10-20(19)28)23(34)31-13-11-26(12-14-31)24(35)30(3)25(36)32(26)18-7-5-4-6-8-18/h4-10,15-16,21H,11-14H2,1-3H3,(H,29,33). The molecule has 1 N–H and O–H groups in total. The number of halogens is 2. The molecule has 4 rings (SSSR count). The minimum atomic E-state index is -1.08. The predicted octanol–water partition coefficient (Wildman–Crippen LogP) is 3.69. The molecule has 0 bridgehead atoms. The van der Waals surface area contributed by atoms with Crippen molar-refractivity contribution < 1.29 is 23.6 Å². The van der Waals surface area contributed by atoms with Gasteiger partial charge in [-0.3, -0.25) is 24.2 Å². The molecule has 2 aromatic carbocycles. The molecule has 2 saturated heterocycles. The van der Waals surface area contributed by atoms with E-state index in [1.165, 1.54) is 24.1 Å². The SMILES string of the molecule is CC(C)C(NC(=O)c1cc(Cl)ccc1F)C(=O)N1CCC2(CC1)C(=O)N(C)C(=O)N2c1ccccc1. The normalized spacial score (nSPS) is 18.2. The number of benzene rings is 2. The van der Waals surface area contributed by atoms with E-state index in [4.69, 9.17) is 11.6 Å². The van der Waals surface area contributed by atoms with E-state index in [0.29, 0.717) is 5.69 Å². The molecule has 0 aromatic heterocycles. The zero-order chi connectivity index (χ0) is 26.2. The van der Waals surface area contributed by atoms with Gasteiger partial charge >= 0.3 is 6.03 Å². The largest absolute Gasteiger partial charge is 0.341 e. The zero-order valence-electron chi connectivity index (χ0n) is 20.3. The highest BCUT2D eigenvalue weighted by atomic mass is 35.5. The second-order valence-electron chi connectivity index (χ2n) is 9.49. The molecule has 10 heteroatoms. The Morgan fingerprint density at radius 3 is 2.31 bits per heavy atom. The number of rotatable bonds is 5. The Morgan fingerprint density at radius 1 is 1.06 bits per heavy atom. The predicted molar refractivity (Wildman–Crippen MR) is 133 cm³/mol. The van der Waals surface area contributed by atoms with Crippen LogP contribution in [0.1, 0.15) is 37.0 Å². The van der Waals surface area contributed by atoms with Crippen LogP contribution in [0.15, 0.2) is 48.5 Å². The summed E-state index contributed by atoms with van der Waals surface area (Å²) in [7, 11) is 1.46. The number of urea groups is 1. The summed E-state index contributed by atoms with van der Waals surface area (Å²) in [6, 6.07) is 11.4. The molecule has 2 fully saturated rings. The first-order valence-corrected chi connectivity index (χ1v) is 12.2. The number of hydrogen-bond acceptors (Lipinski definition) is 4. The fraction of sp³-hybridized carbons (Fsp3) is 0.385. The highest BCUT2D eigenvalue weighted by molar-refractivity contribution is 6.31. The number of imide groups is 1. The lowest BCUT2D eigenvalue weighted by Gasteiger charge is -2.43. The number of hydrogen-bond donors (Lipinski definition) is 1. The topological polar surface area (TPSA) is 90.0 Å². The first kappa shape index (κ1) is 25.6. The number of likely N-dealkylation sites (N-methyl/N-ethyl adjacent to an activating group) is 1. The summed E-state index contributed by atoms with van der Waals surface area (Å²) >= 11 is 5.91. The number of amides is 5. The van der Waals surface area contributed by atoms with Gasteiger partial charge in [-0.15, -0.1) is 0 Å². The van der Waals surface area contributed by atoms with Gasteiger partial charge in [-0.25, -0.2) is 9.18 Å². The van der Waals surface area contributed by atoms with Gasteiger partial charge in [0.1, 0.15) is 17.4 Å². The minimum absolute atomic E-state index is 0.207. The van der Waals surface area contributed by atoms with E-state index in [1.54, 1.807) is 43.0 Å². The number of nitrogens with zero attached hydrogens (tertiary/aromatic N) is 3. The van der Waals surface area contributed by atoms with Crippen molar-refractivity contribution in [3.63, 3.8) is 0 Å². The summed E-state index contributed by atoms with van der Waals surface area (Å²) in [6.45, 7) is 4.01. The Hall–Kier alpha value is -3.46. The van der Waals surface area contributed by atoms with E-state index in [-0.39, 0.29) is 54.2 Å². The monoisotopic (exact) mass is 514 g/mol. The van der Waals surface area contributed by atoms with Crippen LogP contribution in [0.2, 0.25) is 5.02 Å². The average molecular weight is 515 g/mol. The van der Waals surface area contributed by atoms with Gasteiger partial charge < -0.3 is 10.2 Å². The second-order valence-corrected chi connectivity index (χ2v) is 9.93. The maximum atomic E-state index is 14.2. The molecule has 1 unspecified atom stereocenters. The van der Waals surface area contributed by atoms with Crippen molar-refractivity contribution in [2.24, 2.45) is 5.92 Å². The molecule has 0 aliphatic carbocycles. The van der Waals surface area contributed by atoms with E-state index >= 15 is 0 Å². The van der Waals surface area contributed by atoms with E-state index in [9.17, 15) is 23.6 Å². The first-order chi connectivity index (χ1) is 17.1. The summed E-state index contributed by atoms with van der Waals surface area (Å²) in [6.07, 6.45) is 0.508. The molecule has 0 saturated carbocycles. The smallest absolute Gasteiger partial charge is 0.331 e. The quantitative estimate of drug-likeness (QED) is 0.616. The van der Waals surface area contributed by atoms with E-state index < -0.39 is 29.3 Å². The third kappa shape index (κ3) is 4.43. The molecule has 8 nitrogen and oxygen atoms in total.